The minimum absolute atomic E-state index is 0.217. The lowest BCUT2D eigenvalue weighted by Crippen LogP contribution is -2.41. The third kappa shape index (κ3) is 8.04. The Hall–Kier alpha value is -2.31. The maximum Gasteiger partial charge on any atom is 0.151 e. The summed E-state index contributed by atoms with van der Waals surface area (Å²) in [5.74, 6) is 0. The average molecular weight is 483 g/mol. The molecule has 0 saturated carbocycles. The van der Waals surface area contributed by atoms with E-state index in [4.69, 9.17) is 14.2 Å². The Kier molecular flexibility index (Phi) is 9.93. The monoisotopic (exact) mass is 482 g/mol. The zero-order valence-corrected chi connectivity index (χ0v) is 18.9. The van der Waals surface area contributed by atoms with Gasteiger partial charge in [0.15, 0.2) is 6.29 Å². The molecule has 0 heterocycles. The number of alkyl halides is 1. The van der Waals surface area contributed by atoms with Gasteiger partial charge in [-0.15, -0.1) is 0 Å². The van der Waals surface area contributed by atoms with Gasteiger partial charge in [-0.1, -0.05) is 107 Å². The summed E-state index contributed by atoms with van der Waals surface area (Å²) in [4.78, 5) is 11.7. The number of hydrogen-bond donors (Lipinski definition) is 0. The van der Waals surface area contributed by atoms with Crippen LogP contribution in [0.15, 0.2) is 91.0 Å². The molecule has 0 N–H and O–H groups in total. The number of aldehydes is 1. The molecule has 0 aliphatic rings. The molecule has 0 fully saturated rings. The molecule has 3 aromatic carbocycles. The Labute approximate surface area is 192 Å². The first-order valence-corrected chi connectivity index (χ1v) is 11.2. The molecule has 0 aliphatic heterocycles. The molecule has 0 aromatic heterocycles. The Morgan fingerprint density at radius 2 is 1.13 bits per heavy atom. The van der Waals surface area contributed by atoms with Gasteiger partial charge in [0.25, 0.3) is 0 Å². The molecule has 0 unspecified atom stereocenters. The normalized spacial score (nSPS) is 14.0. The van der Waals surface area contributed by atoms with Gasteiger partial charge in [-0.2, -0.15) is 0 Å². The van der Waals surface area contributed by atoms with Crippen molar-refractivity contribution < 1.29 is 19.0 Å². The van der Waals surface area contributed by atoms with Crippen LogP contribution in [0.3, 0.4) is 0 Å². The number of carbonyl (C=O) groups is 1. The van der Waals surface area contributed by atoms with Crippen LogP contribution in [0.5, 0.6) is 0 Å². The van der Waals surface area contributed by atoms with Crippen molar-refractivity contribution in [2.75, 3.05) is 6.61 Å². The minimum Gasteiger partial charge on any atom is -0.376 e. The van der Waals surface area contributed by atoms with Crippen molar-refractivity contribution in [1.29, 1.82) is 0 Å². The van der Waals surface area contributed by atoms with Gasteiger partial charge in [0.1, 0.15) is 12.2 Å². The molecule has 3 aromatic rings. The van der Waals surface area contributed by atoms with Crippen molar-refractivity contribution >= 4 is 22.2 Å². The van der Waals surface area contributed by atoms with E-state index in [9.17, 15) is 4.79 Å². The van der Waals surface area contributed by atoms with Crippen molar-refractivity contribution in [2.24, 2.45) is 0 Å². The summed E-state index contributed by atoms with van der Waals surface area (Å²) in [6.45, 7) is 1.59. The third-order valence-electron chi connectivity index (χ3n) is 4.77. The molecule has 3 rings (SSSR count). The summed E-state index contributed by atoms with van der Waals surface area (Å²) < 4.78 is 18.0. The minimum atomic E-state index is -0.728. The van der Waals surface area contributed by atoms with Crippen LogP contribution in [0.4, 0.5) is 0 Å². The number of benzene rings is 3. The van der Waals surface area contributed by atoms with Crippen LogP contribution in [0.2, 0.25) is 0 Å². The molecular formula is C26H27BrO4. The maximum atomic E-state index is 11.9. The number of ether oxygens (including phenoxy) is 3. The first-order chi connectivity index (χ1) is 15.3. The lowest BCUT2D eigenvalue weighted by Gasteiger charge is -2.28. The average Bonchev–Trinajstić information content (AvgIpc) is 2.83. The molecule has 0 aliphatic carbocycles. The molecule has 0 radical (unpaired) electrons. The fourth-order valence-corrected chi connectivity index (χ4v) is 3.75. The summed E-state index contributed by atoms with van der Waals surface area (Å²) in [6, 6.07) is 29.6. The first kappa shape index (κ1) is 23.4. The van der Waals surface area contributed by atoms with E-state index in [1.807, 2.05) is 91.0 Å². The number of rotatable bonds is 13. The third-order valence-corrected chi connectivity index (χ3v) is 5.56. The van der Waals surface area contributed by atoms with E-state index >= 15 is 0 Å². The van der Waals surface area contributed by atoms with Crippen molar-refractivity contribution in [3.63, 3.8) is 0 Å². The lowest BCUT2D eigenvalue weighted by molar-refractivity contribution is -0.134. The lowest BCUT2D eigenvalue weighted by atomic mass is 10.1. The van der Waals surface area contributed by atoms with Crippen molar-refractivity contribution in [2.45, 2.75) is 36.9 Å². The van der Waals surface area contributed by atoms with Gasteiger partial charge in [-0.3, -0.25) is 0 Å². The van der Waals surface area contributed by atoms with Crippen LogP contribution in [-0.4, -0.2) is 29.9 Å². The van der Waals surface area contributed by atoms with Gasteiger partial charge >= 0.3 is 0 Å². The zero-order valence-electron chi connectivity index (χ0n) is 17.3. The molecule has 4 nitrogen and oxygen atoms in total. The topological polar surface area (TPSA) is 44.8 Å². The Balaban J connectivity index is 1.62. The highest BCUT2D eigenvalue weighted by Gasteiger charge is 2.30. The molecule has 0 spiro atoms. The Bertz CT molecular complexity index is 874. The van der Waals surface area contributed by atoms with Gasteiger partial charge in [-0.05, 0) is 16.7 Å². The van der Waals surface area contributed by atoms with Crippen molar-refractivity contribution in [3.8, 4) is 0 Å². The van der Waals surface area contributed by atoms with E-state index in [1.54, 1.807) is 0 Å². The summed E-state index contributed by atoms with van der Waals surface area (Å²) >= 11 is 3.67. The predicted molar refractivity (Wildman–Crippen MR) is 125 cm³/mol. The van der Waals surface area contributed by atoms with Crippen LogP contribution in [0.25, 0.3) is 0 Å². The molecule has 0 amide bonds. The fourth-order valence-electron chi connectivity index (χ4n) is 3.11. The fraction of sp³-hybridized carbons (Fsp3) is 0.269. The van der Waals surface area contributed by atoms with Crippen LogP contribution >= 0.6 is 15.9 Å². The van der Waals surface area contributed by atoms with Gasteiger partial charge in [0.2, 0.25) is 0 Å². The highest BCUT2D eigenvalue weighted by atomic mass is 79.9. The van der Waals surface area contributed by atoms with Crippen LogP contribution in [0.1, 0.15) is 16.7 Å². The smallest absolute Gasteiger partial charge is 0.151 e. The second-order valence-electron chi connectivity index (χ2n) is 7.18. The van der Waals surface area contributed by atoms with Crippen molar-refractivity contribution in [3.05, 3.63) is 108 Å². The van der Waals surface area contributed by atoms with Gasteiger partial charge < -0.3 is 19.0 Å². The highest BCUT2D eigenvalue weighted by molar-refractivity contribution is 9.09. The van der Waals surface area contributed by atoms with Crippen LogP contribution in [-0.2, 0) is 38.8 Å². The molecule has 5 heteroatoms. The van der Waals surface area contributed by atoms with Crippen molar-refractivity contribution in [1.82, 2.24) is 0 Å². The second-order valence-corrected chi connectivity index (χ2v) is 8.35. The first-order valence-electron chi connectivity index (χ1n) is 10.3. The number of hydrogen-bond acceptors (Lipinski definition) is 4. The summed E-state index contributed by atoms with van der Waals surface area (Å²) in [6.07, 6.45) is -0.421. The van der Waals surface area contributed by atoms with Crippen LogP contribution < -0.4 is 0 Å². The summed E-state index contributed by atoms with van der Waals surface area (Å²) in [5.41, 5.74) is 3.13. The number of carbonyl (C=O) groups excluding carboxylic acids is 1. The molecular weight excluding hydrogens is 456 g/mol. The van der Waals surface area contributed by atoms with E-state index in [0.29, 0.717) is 26.4 Å². The van der Waals surface area contributed by atoms with Gasteiger partial charge in [-0.25, -0.2) is 0 Å². The largest absolute Gasteiger partial charge is 0.376 e. The molecule has 0 bridgehead atoms. The quantitative estimate of drug-likeness (QED) is 0.243. The number of halogens is 1. The summed E-state index contributed by atoms with van der Waals surface area (Å²) in [7, 11) is 0. The molecule has 0 saturated heterocycles. The van der Waals surface area contributed by atoms with Gasteiger partial charge in [0, 0.05) is 0 Å². The SMILES string of the molecule is O=C[C@@H](OCc1ccccc1)[C@H](OCc1ccccc1)[C@@H](Br)COCc1ccccc1. The summed E-state index contributed by atoms with van der Waals surface area (Å²) in [5, 5.41) is 0. The Morgan fingerprint density at radius 3 is 1.61 bits per heavy atom. The van der Waals surface area contributed by atoms with E-state index in [0.717, 1.165) is 23.0 Å². The maximum absolute atomic E-state index is 11.9. The van der Waals surface area contributed by atoms with E-state index in [2.05, 4.69) is 15.9 Å². The van der Waals surface area contributed by atoms with E-state index < -0.39 is 12.2 Å². The molecule has 3 atom stereocenters. The second kappa shape index (κ2) is 13.2. The zero-order chi connectivity index (χ0) is 21.7. The Morgan fingerprint density at radius 1 is 0.677 bits per heavy atom. The predicted octanol–water partition coefficient (Wildman–Crippen LogP) is 5.34. The molecule has 31 heavy (non-hydrogen) atoms. The van der Waals surface area contributed by atoms with Gasteiger partial charge in [0.05, 0.1) is 31.3 Å². The molecule has 162 valence electrons. The highest BCUT2D eigenvalue weighted by Crippen LogP contribution is 2.20. The standard InChI is InChI=1S/C26H27BrO4/c27-24(20-29-17-21-10-4-1-5-11-21)26(31-19-23-14-8-3-9-15-23)25(16-28)30-18-22-12-6-2-7-13-22/h1-16,24-26H,17-20H2/t24-,25+,26+/m0/s1. The van der Waals surface area contributed by atoms with E-state index in [1.165, 1.54) is 0 Å². The van der Waals surface area contributed by atoms with Crippen LogP contribution in [0, 0.1) is 0 Å². The van der Waals surface area contributed by atoms with E-state index in [-0.39, 0.29) is 4.83 Å².